The maximum atomic E-state index is 13.3. The van der Waals surface area contributed by atoms with Crippen molar-refractivity contribution in [2.75, 3.05) is 6.54 Å². The molecule has 8 nitrogen and oxygen atoms in total. The topological polar surface area (TPSA) is 125 Å². The zero-order chi connectivity index (χ0) is 22.8. The third-order valence-corrected chi connectivity index (χ3v) is 5.41. The Kier molecular flexibility index (Phi) is 5.59. The monoisotopic (exact) mass is 429 g/mol. The van der Waals surface area contributed by atoms with Crippen LogP contribution in [0.1, 0.15) is 45.0 Å². The number of nitrogens with one attached hydrogen (secondary N) is 1. The summed E-state index contributed by atoms with van der Waals surface area (Å²) in [6.07, 6.45) is 5.45. The molecule has 0 unspecified atom stereocenters. The zero-order valence-electron chi connectivity index (χ0n) is 17.6. The molecule has 8 heteroatoms. The van der Waals surface area contributed by atoms with Crippen LogP contribution in [-0.4, -0.2) is 43.8 Å². The highest BCUT2D eigenvalue weighted by molar-refractivity contribution is 5.99. The molecule has 2 heterocycles. The van der Waals surface area contributed by atoms with E-state index in [1.54, 1.807) is 18.3 Å². The second-order valence-corrected chi connectivity index (χ2v) is 7.67. The van der Waals surface area contributed by atoms with Crippen molar-refractivity contribution in [2.45, 2.75) is 19.9 Å². The number of carbonyl (C=O) groups excluding carboxylic acids is 1. The Morgan fingerprint density at radius 2 is 1.88 bits per heavy atom. The van der Waals surface area contributed by atoms with Crippen molar-refractivity contribution in [3.05, 3.63) is 82.4 Å². The first-order valence-electron chi connectivity index (χ1n) is 10.1. The van der Waals surface area contributed by atoms with E-state index in [0.717, 1.165) is 22.5 Å². The van der Waals surface area contributed by atoms with Crippen molar-refractivity contribution in [2.24, 2.45) is 5.73 Å². The van der Waals surface area contributed by atoms with Crippen molar-refractivity contribution < 1.29 is 14.7 Å². The summed E-state index contributed by atoms with van der Waals surface area (Å²) in [5, 5.41) is 16.6. The molecular formula is C24H23N5O3. The predicted molar refractivity (Wildman–Crippen MR) is 122 cm³/mol. The smallest absolute Gasteiger partial charge is 0.305 e. The van der Waals surface area contributed by atoms with E-state index in [9.17, 15) is 9.59 Å². The summed E-state index contributed by atoms with van der Waals surface area (Å²) in [5.74, 6) is -0.443. The number of hydrogen-bond donors (Lipinski definition) is 3. The molecule has 162 valence electrons. The van der Waals surface area contributed by atoms with Crippen LogP contribution in [0.2, 0.25) is 0 Å². The zero-order valence-corrected chi connectivity index (χ0v) is 17.6. The van der Waals surface area contributed by atoms with Crippen molar-refractivity contribution in [3.8, 4) is 5.69 Å². The Labute approximate surface area is 185 Å². The lowest BCUT2D eigenvalue weighted by Crippen LogP contribution is -2.32. The lowest BCUT2D eigenvalue weighted by molar-refractivity contribution is -0.137. The number of nitrogens with two attached hydrogens (primary N) is 1. The van der Waals surface area contributed by atoms with E-state index in [1.807, 2.05) is 54.0 Å². The quantitative estimate of drug-likeness (QED) is 0.315. The number of carboxylic acid groups (broad SMARTS) is 1. The van der Waals surface area contributed by atoms with Gasteiger partial charge in [0.05, 0.1) is 24.2 Å². The van der Waals surface area contributed by atoms with E-state index in [4.69, 9.17) is 16.2 Å². The predicted octanol–water partition coefficient (Wildman–Crippen LogP) is 3.07. The molecule has 0 radical (unpaired) electrons. The first-order chi connectivity index (χ1) is 15.3. The fraction of sp³-hybridized carbons (Fsp3) is 0.167. The minimum atomic E-state index is -0.950. The van der Waals surface area contributed by atoms with Gasteiger partial charge in [-0.15, -0.1) is 0 Å². The summed E-state index contributed by atoms with van der Waals surface area (Å²) in [6.45, 7) is 2.29. The summed E-state index contributed by atoms with van der Waals surface area (Å²) < 4.78 is 1.95. The van der Waals surface area contributed by atoms with Gasteiger partial charge < -0.3 is 15.7 Å². The number of carboxylic acids is 1. The van der Waals surface area contributed by atoms with Gasteiger partial charge in [0.2, 0.25) is 0 Å². The number of rotatable bonds is 6. The van der Waals surface area contributed by atoms with E-state index < -0.39 is 5.97 Å². The highest BCUT2D eigenvalue weighted by atomic mass is 16.4. The van der Waals surface area contributed by atoms with E-state index in [2.05, 4.69) is 4.98 Å². The SMILES string of the molecule is Cc1cnc2n1-c1ccc(C=Cc3ccc(C(=N)N)cc3)cc1C(=O)N(CCC(=O)O)C2. The first kappa shape index (κ1) is 21.0. The molecule has 0 fully saturated rings. The third kappa shape index (κ3) is 4.15. The number of carbonyl (C=O) groups is 2. The highest BCUT2D eigenvalue weighted by Crippen LogP contribution is 2.27. The highest BCUT2D eigenvalue weighted by Gasteiger charge is 2.27. The molecule has 0 bridgehead atoms. The number of aromatic nitrogens is 2. The molecule has 1 aliphatic rings. The Morgan fingerprint density at radius 1 is 1.19 bits per heavy atom. The van der Waals surface area contributed by atoms with Crippen LogP contribution in [0.25, 0.3) is 17.8 Å². The molecule has 2 aromatic carbocycles. The number of nitrogen functional groups attached to an aromatic ring is 1. The van der Waals surface area contributed by atoms with Crippen LogP contribution < -0.4 is 5.73 Å². The Balaban J connectivity index is 1.69. The minimum Gasteiger partial charge on any atom is -0.481 e. The molecule has 1 aliphatic heterocycles. The summed E-state index contributed by atoms with van der Waals surface area (Å²) in [4.78, 5) is 30.3. The molecular weight excluding hydrogens is 406 g/mol. The Bertz CT molecular complexity index is 1240. The van der Waals surface area contributed by atoms with Gasteiger partial charge in [-0.25, -0.2) is 4.98 Å². The fourth-order valence-electron chi connectivity index (χ4n) is 3.74. The molecule has 1 aromatic heterocycles. The molecule has 4 N–H and O–H groups in total. The number of nitrogens with zero attached hydrogens (tertiary/aromatic N) is 3. The second kappa shape index (κ2) is 8.50. The van der Waals surface area contributed by atoms with Gasteiger partial charge in [0.1, 0.15) is 11.7 Å². The number of aliphatic carboxylic acids is 1. The Morgan fingerprint density at radius 3 is 2.56 bits per heavy atom. The van der Waals surface area contributed by atoms with Crippen molar-refractivity contribution in [3.63, 3.8) is 0 Å². The average molecular weight is 429 g/mol. The number of imidazole rings is 1. The van der Waals surface area contributed by atoms with Gasteiger partial charge in [0.25, 0.3) is 5.91 Å². The number of hydrogen-bond acceptors (Lipinski definition) is 4. The number of benzene rings is 2. The van der Waals surface area contributed by atoms with Gasteiger partial charge >= 0.3 is 5.97 Å². The number of amidine groups is 1. The number of aryl methyl sites for hydroxylation is 1. The van der Waals surface area contributed by atoms with Crippen molar-refractivity contribution >= 4 is 29.9 Å². The fourth-order valence-corrected chi connectivity index (χ4v) is 3.74. The van der Waals surface area contributed by atoms with Crippen LogP contribution in [0, 0.1) is 12.3 Å². The molecule has 0 saturated heterocycles. The lowest BCUT2D eigenvalue weighted by Gasteiger charge is -2.19. The van der Waals surface area contributed by atoms with Gasteiger partial charge in [0.15, 0.2) is 0 Å². The van der Waals surface area contributed by atoms with Crippen LogP contribution in [0.5, 0.6) is 0 Å². The van der Waals surface area contributed by atoms with E-state index in [1.165, 1.54) is 4.90 Å². The van der Waals surface area contributed by atoms with Gasteiger partial charge in [-0.05, 0) is 30.2 Å². The maximum Gasteiger partial charge on any atom is 0.305 e. The van der Waals surface area contributed by atoms with Crippen LogP contribution in [0.4, 0.5) is 0 Å². The van der Waals surface area contributed by atoms with E-state index in [0.29, 0.717) is 17.0 Å². The maximum absolute atomic E-state index is 13.3. The molecule has 0 spiro atoms. The molecule has 0 saturated carbocycles. The van der Waals surface area contributed by atoms with Gasteiger partial charge in [-0.1, -0.05) is 42.5 Å². The molecule has 0 atom stereocenters. The second-order valence-electron chi connectivity index (χ2n) is 7.67. The summed E-state index contributed by atoms with van der Waals surface area (Å²) >= 11 is 0. The number of fused-ring (bicyclic) bond motifs is 3. The molecule has 32 heavy (non-hydrogen) atoms. The van der Waals surface area contributed by atoms with E-state index >= 15 is 0 Å². The minimum absolute atomic E-state index is 0.0198. The molecule has 1 amide bonds. The third-order valence-electron chi connectivity index (χ3n) is 5.41. The first-order valence-corrected chi connectivity index (χ1v) is 10.1. The van der Waals surface area contributed by atoms with Gasteiger partial charge in [-0.3, -0.25) is 19.6 Å². The lowest BCUT2D eigenvalue weighted by atomic mass is 10.0. The van der Waals surface area contributed by atoms with Gasteiger partial charge in [0, 0.05) is 24.0 Å². The van der Waals surface area contributed by atoms with Crippen molar-refractivity contribution in [1.82, 2.24) is 14.5 Å². The Hall–Kier alpha value is -4.20. The molecule has 3 aromatic rings. The molecule has 0 aliphatic carbocycles. The van der Waals surface area contributed by atoms with Crippen LogP contribution in [0.15, 0.2) is 48.7 Å². The normalized spacial score (nSPS) is 13.0. The van der Waals surface area contributed by atoms with E-state index in [-0.39, 0.29) is 31.3 Å². The largest absolute Gasteiger partial charge is 0.481 e. The molecule has 4 rings (SSSR count). The van der Waals surface area contributed by atoms with Crippen LogP contribution in [-0.2, 0) is 11.3 Å². The van der Waals surface area contributed by atoms with Crippen molar-refractivity contribution in [1.29, 1.82) is 5.41 Å². The average Bonchev–Trinajstić information content (AvgIpc) is 3.08. The standard InChI is InChI=1S/C24H23N5O3/c1-15-13-27-21-14-28(11-10-22(30)31)24(32)19-12-17(6-9-20(19)29(15)21)3-2-16-4-7-18(8-5-16)23(25)26/h2-9,12-13H,10-11,14H2,1H3,(H3,25,26)(H,30,31). The van der Waals surface area contributed by atoms with Gasteiger partial charge in [-0.2, -0.15) is 0 Å². The summed E-state index contributed by atoms with van der Waals surface area (Å²) in [7, 11) is 0. The number of amides is 1. The summed E-state index contributed by atoms with van der Waals surface area (Å²) in [6, 6.07) is 13.0. The van der Waals surface area contributed by atoms with Crippen LogP contribution in [0.3, 0.4) is 0 Å². The van der Waals surface area contributed by atoms with Crippen LogP contribution >= 0.6 is 0 Å². The summed E-state index contributed by atoms with van der Waals surface area (Å²) in [5.41, 5.74) is 10.1.